The molecule has 3 N–H and O–H groups in total. The summed E-state index contributed by atoms with van der Waals surface area (Å²) in [6, 6.07) is 14.7. The zero-order valence-corrected chi connectivity index (χ0v) is 16.0. The lowest BCUT2D eigenvalue weighted by atomic mass is 10.0. The second kappa shape index (κ2) is 8.65. The van der Waals surface area contributed by atoms with Gasteiger partial charge in [-0.25, -0.2) is 13.6 Å². The number of nitrogens with one attached hydrogen (secondary N) is 1. The Bertz CT molecular complexity index is 895. The number of nitrogens with two attached hydrogens (primary N) is 1. The number of fused-ring (bicyclic) bond motifs is 1. The third-order valence-corrected chi connectivity index (χ3v) is 5.70. The Kier molecular flexibility index (Phi) is 6.26. The predicted octanol–water partition coefficient (Wildman–Crippen LogP) is 1.84. The van der Waals surface area contributed by atoms with Crippen LogP contribution in [0, 0.1) is 0 Å². The summed E-state index contributed by atoms with van der Waals surface area (Å²) < 4.78 is 22.5. The Morgan fingerprint density at radius 3 is 2.56 bits per heavy atom. The maximum Gasteiger partial charge on any atom is 0.238 e. The van der Waals surface area contributed by atoms with Crippen LogP contribution in [0.2, 0.25) is 0 Å². The summed E-state index contributed by atoms with van der Waals surface area (Å²) in [5.41, 5.74) is 3.31. The van der Waals surface area contributed by atoms with E-state index < -0.39 is 10.0 Å². The molecule has 1 heterocycles. The zero-order chi connectivity index (χ0) is 19.3. The first kappa shape index (κ1) is 19.5. The molecule has 0 unspecified atom stereocenters. The number of hydrogen-bond donors (Lipinski definition) is 2. The van der Waals surface area contributed by atoms with Crippen molar-refractivity contribution in [2.75, 3.05) is 24.5 Å². The van der Waals surface area contributed by atoms with Gasteiger partial charge in [-0.1, -0.05) is 30.3 Å². The molecule has 0 aliphatic carbocycles. The van der Waals surface area contributed by atoms with E-state index in [0.29, 0.717) is 13.0 Å². The molecular weight excluding hydrogens is 362 g/mol. The molecule has 0 saturated carbocycles. The third kappa shape index (κ3) is 5.15. The average Bonchev–Trinajstić information content (AvgIpc) is 2.67. The molecule has 0 radical (unpaired) electrons. The van der Waals surface area contributed by atoms with E-state index in [4.69, 9.17) is 5.14 Å². The van der Waals surface area contributed by atoms with Gasteiger partial charge >= 0.3 is 0 Å². The van der Waals surface area contributed by atoms with Crippen LogP contribution in [-0.4, -0.2) is 34.0 Å². The van der Waals surface area contributed by atoms with Crippen LogP contribution in [0.25, 0.3) is 0 Å². The number of hydrogen-bond acceptors (Lipinski definition) is 4. The molecule has 0 fully saturated rings. The molecule has 1 aliphatic heterocycles. The molecule has 0 saturated heterocycles. The molecule has 0 atom stereocenters. The lowest BCUT2D eigenvalue weighted by Gasteiger charge is -2.29. The molecule has 1 aliphatic rings. The summed E-state index contributed by atoms with van der Waals surface area (Å²) in [6.07, 6.45) is 3.25. The van der Waals surface area contributed by atoms with Gasteiger partial charge in [0.05, 0.1) is 4.90 Å². The number of nitrogens with zero attached hydrogens (tertiary/aromatic N) is 1. The quantitative estimate of drug-likeness (QED) is 0.709. The minimum atomic E-state index is -3.65. The fourth-order valence-corrected chi connectivity index (χ4v) is 3.84. The average molecular weight is 388 g/mol. The van der Waals surface area contributed by atoms with Crippen molar-refractivity contribution in [1.82, 2.24) is 5.32 Å². The number of carbonyl (C=O) groups excluding carboxylic acids is 1. The first-order chi connectivity index (χ1) is 12.9. The van der Waals surface area contributed by atoms with Crippen molar-refractivity contribution in [3.05, 3.63) is 59.7 Å². The first-order valence-corrected chi connectivity index (χ1v) is 10.7. The minimum Gasteiger partial charge on any atom is -0.316 e. The van der Waals surface area contributed by atoms with Crippen LogP contribution in [0.5, 0.6) is 0 Å². The second-order valence-electron chi connectivity index (χ2n) is 6.72. The van der Waals surface area contributed by atoms with E-state index in [1.54, 1.807) is 12.1 Å². The van der Waals surface area contributed by atoms with Crippen LogP contribution in [0.1, 0.15) is 24.0 Å². The van der Waals surface area contributed by atoms with Crippen molar-refractivity contribution in [2.45, 2.75) is 30.6 Å². The number of carbonyl (C=O) groups is 1. The summed E-state index contributed by atoms with van der Waals surface area (Å²) >= 11 is 0. The normalized spacial score (nSPS) is 14.0. The minimum absolute atomic E-state index is 0.117. The maximum absolute atomic E-state index is 12.5. The van der Waals surface area contributed by atoms with Gasteiger partial charge < -0.3 is 10.2 Å². The Morgan fingerprint density at radius 1 is 1.07 bits per heavy atom. The molecule has 0 bridgehead atoms. The SMILES string of the molecule is NS(=O)(=O)c1ccc(CCNCCC(=O)N2CCCc3ccccc32)cc1. The summed E-state index contributed by atoms with van der Waals surface area (Å²) in [7, 11) is -3.65. The predicted molar refractivity (Wildman–Crippen MR) is 106 cm³/mol. The van der Waals surface area contributed by atoms with Crippen LogP contribution in [0.3, 0.4) is 0 Å². The molecule has 3 rings (SSSR count). The van der Waals surface area contributed by atoms with Crippen molar-refractivity contribution >= 4 is 21.6 Å². The van der Waals surface area contributed by atoms with E-state index in [1.165, 1.54) is 17.7 Å². The standard InChI is InChI=1S/C20H25N3O3S/c21-27(25,26)18-9-7-16(8-10-18)11-13-22-14-12-20(24)23-15-3-5-17-4-1-2-6-19(17)23/h1-2,4,6-10,22H,3,5,11-15H2,(H2,21,25,26). The van der Waals surface area contributed by atoms with Crippen LogP contribution in [0.15, 0.2) is 53.4 Å². The van der Waals surface area contributed by atoms with Gasteiger partial charge in [0.1, 0.15) is 0 Å². The number of benzene rings is 2. The number of aryl methyl sites for hydroxylation is 1. The molecule has 27 heavy (non-hydrogen) atoms. The Hall–Kier alpha value is -2.22. The lowest BCUT2D eigenvalue weighted by molar-refractivity contribution is -0.118. The smallest absolute Gasteiger partial charge is 0.238 e. The van der Waals surface area contributed by atoms with E-state index in [-0.39, 0.29) is 10.8 Å². The van der Waals surface area contributed by atoms with Gasteiger partial charge in [-0.2, -0.15) is 0 Å². The van der Waals surface area contributed by atoms with E-state index in [1.807, 2.05) is 23.1 Å². The molecular formula is C20H25N3O3S. The third-order valence-electron chi connectivity index (χ3n) is 4.77. The van der Waals surface area contributed by atoms with Crippen LogP contribution < -0.4 is 15.4 Å². The topological polar surface area (TPSA) is 92.5 Å². The van der Waals surface area contributed by atoms with Gasteiger partial charge in [0.25, 0.3) is 0 Å². The van der Waals surface area contributed by atoms with Crippen molar-refractivity contribution in [1.29, 1.82) is 0 Å². The highest BCUT2D eigenvalue weighted by molar-refractivity contribution is 7.89. The van der Waals surface area contributed by atoms with Crippen molar-refractivity contribution in [3.63, 3.8) is 0 Å². The van der Waals surface area contributed by atoms with E-state index in [2.05, 4.69) is 11.4 Å². The maximum atomic E-state index is 12.5. The summed E-state index contributed by atoms with van der Waals surface area (Å²) in [4.78, 5) is 14.6. The number of para-hydroxylation sites is 1. The largest absolute Gasteiger partial charge is 0.316 e. The molecule has 2 aromatic rings. The fraction of sp³-hybridized carbons (Fsp3) is 0.350. The van der Waals surface area contributed by atoms with Gasteiger partial charge in [0, 0.05) is 25.2 Å². The van der Waals surface area contributed by atoms with Gasteiger partial charge in [-0.3, -0.25) is 4.79 Å². The highest BCUT2D eigenvalue weighted by Crippen LogP contribution is 2.26. The second-order valence-corrected chi connectivity index (χ2v) is 8.28. The number of rotatable bonds is 7. The first-order valence-electron chi connectivity index (χ1n) is 9.16. The monoisotopic (exact) mass is 387 g/mol. The molecule has 7 heteroatoms. The highest BCUT2D eigenvalue weighted by atomic mass is 32.2. The van der Waals surface area contributed by atoms with Crippen LogP contribution in [-0.2, 0) is 27.7 Å². The van der Waals surface area contributed by atoms with Crippen LogP contribution >= 0.6 is 0 Å². The fourth-order valence-electron chi connectivity index (χ4n) is 3.33. The number of anilines is 1. The number of sulfonamides is 1. The summed E-state index contributed by atoms with van der Waals surface area (Å²) in [5, 5.41) is 8.37. The van der Waals surface area contributed by atoms with Crippen LogP contribution in [0.4, 0.5) is 5.69 Å². The Morgan fingerprint density at radius 2 is 1.81 bits per heavy atom. The van der Waals surface area contributed by atoms with Gasteiger partial charge in [-0.05, 0) is 55.1 Å². The Balaban J connectivity index is 1.42. The van der Waals surface area contributed by atoms with Crippen molar-refractivity contribution < 1.29 is 13.2 Å². The lowest BCUT2D eigenvalue weighted by Crippen LogP contribution is -2.37. The molecule has 1 amide bonds. The van der Waals surface area contributed by atoms with Gasteiger partial charge in [-0.15, -0.1) is 0 Å². The number of primary sulfonamides is 1. The van der Waals surface area contributed by atoms with E-state index in [0.717, 1.165) is 43.6 Å². The molecule has 2 aromatic carbocycles. The molecule has 144 valence electrons. The van der Waals surface area contributed by atoms with E-state index in [9.17, 15) is 13.2 Å². The molecule has 0 aromatic heterocycles. The molecule has 6 nitrogen and oxygen atoms in total. The molecule has 0 spiro atoms. The van der Waals surface area contributed by atoms with Gasteiger partial charge in [0.15, 0.2) is 0 Å². The van der Waals surface area contributed by atoms with Crippen molar-refractivity contribution in [2.24, 2.45) is 5.14 Å². The number of amides is 1. The summed E-state index contributed by atoms with van der Waals surface area (Å²) in [6.45, 7) is 2.12. The van der Waals surface area contributed by atoms with E-state index >= 15 is 0 Å². The summed E-state index contributed by atoms with van der Waals surface area (Å²) in [5.74, 6) is 0.146. The van der Waals surface area contributed by atoms with Crippen molar-refractivity contribution in [3.8, 4) is 0 Å². The Labute approximate surface area is 160 Å². The zero-order valence-electron chi connectivity index (χ0n) is 15.2. The van der Waals surface area contributed by atoms with Gasteiger partial charge in [0.2, 0.25) is 15.9 Å². The highest BCUT2D eigenvalue weighted by Gasteiger charge is 2.21.